The molecule has 5 nitrogen and oxygen atoms in total. The van der Waals surface area contributed by atoms with Crippen molar-refractivity contribution in [1.82, 2.24) is 0 Å². The molecule has 2 fully saturated rings. The van der Waals surface area contributed by atoms with Gasteiger partial charge in [-0.3, -0.25) is 14.4 Å². The number of hydrogen-bond donors (Lipinski definition) is 0. The second-order valence-corrected chi connectivity index (χ2v) is 12.2. The summed E-state index contributed by atoms with van der Waals surface area (Å²) in [5.41, 5.74) is -4.24. The van der Waals surface area contributed by atoms with Crippen LogP contribution < -0.4 is 0 Å². The molecular weight excluding hydrogens is 529 g/mol. The van der Waals surface area contributed by atoms with E-state index in [1.807, 2.05) is 13.8 Å². The second-order valence-electron chi connectivity index (χ2n) is 11.3. The molecule has 0 aromatic heterocycles. The molecule has 0 aliphatic heterocycles. The summed E-state index contributed by atoms with van der Waals surface area (Å²) >= 11 is 0.566. The maximum absolute atomic E-state index is 18.2. The molecule has 2 saturated carbocycles. The molecule has 220 valence electrons. The monoisotopic (exact) mass is 572 g/mol. The minimum absolute atomic E-state index is 0.0936. The first-order chi connectivity index (χ1) is 18.5. The molecule has 0 bridgehead atoms. The summed E-state index contributed by atoms with van der Waals surface area (Å²) in [6.07, 6.45) is 4.24. The van der Waals surface area contributed by atoms with Crippen molar-refractivity contribution in [3.63, 3.8) is 0 Å². The highest BCUT2D eigenvalue weighted by atomic mass is 32.2. The van der Waals surface area contributed by atoms with Crippen LogP contribution in [0.25, 0.3) is 0 Å². The molecule has 3 aliphatic carbocycles. The Morgan fingerprint density at radius 3 is 2.36 bits per heavy atom. The lowest BCUT2D eigenvalue weighted by Crippen LogP contribution is -2.70. The fourth-order valence-corrected chi connectivity index (χ4v) is 8.95. The number of hydrogen-bond acceptors (Lipinski definition) is 6. The highest BCUT2D eigenvalue weighted by molar-refractivity contribution is 8.13. The zero-order chi connectivity index (χ0) is 29.2. The molecule has 0 N–H and O–H groups in total. The Hall–Kier alpha value is -1.61. The lowest BCUT2D eigenvalue weighted by atomic mass is 9.41. The Morgan fingerprint density at radius 2 is 1.85 bits per heavy atom. The van der Waals surface area contributed by atoms with Crippen LogP contribution in [-0.2, 0) is 23.9 Å². The number of fused-ring (bicyclic) bond motifs is 1. The number of alkyl halides is 3. The number of ether oxygens (including phenoxy) is 2. The first kappa shape index (κ1) is 31.9. The van der Waals surface area contributed by atoms with Crippen molar-refractivity contribution in [3.8, 4) is 0 Å². The van der Waals surface area contributed by atoms with Crippen LogP contribution in [0.2, 0.25) is 0 Å². The first-order valence-electron chi connectivity index (χ1n) is 14.2. The Kier molecular flexibility index (Phi) is 10.2. The minimum Gasteiger partial charge on any atom is -0.461 e. The fraction of sp³-hybridized carbons (Fsp3) is 0.767. The average Bonchev–Trinajstić information content (AvgIpc) is 2.94. The van der Waals surface area contributed by atoms with Crippen LogP contribution in [0.4, 0.5) is 13.2 Å². The summed E-state index contributed by atoms with van der Waals surface area (Å²) in [5.74, 6) is -2.96. The number of rotatable bonds is 10. The predicted molar refractivity (Wildman–Crippen MR) is 146 cm³/mol. The van der Waals surface area contributed by atoms with Gasteiger partial charge in [0.25, 0.3) is 0 Å². The van der Waals surface area contributed by atoms with E-state index in [1.54, 1.807) is 20.8 Å². The second kappa shape index (κ2) is 12.5. The maximum Gasteiger partial charge on any atom is 0.305 e. The van der Waals surface area contributed by atoms with Crippen molar-refractivity contribution >= 4 is 28.6 Å². The van der Waals surface area contributed by atoms with Gasteiger partial charge in [-0.25, -0.2) is 13.2 Å². The van der Waals surface area contributed by atoms with E-state index < -0.39 is 64.3 Å². The highest BCUT2D eigenvalue weighted by Gasteiger charge is 2.71. The van der Waals surface area contributed by atoms with Gasteiger partial charge in [0.2, 0.25) is 0 Å². The molecular formula is C30H43F3O5S. The smallest absolute Gasteiger partial charge is 0.305 e. The van der Waals surface area contributed by atoms with Crippen molar-refractivity contribution in [2.45, 2.75) is 91.0 Å². The number of thioether (sulfide) groups is 1. The van der Waals surface area contributed by atoms with Crippen LogP contribution >= 0.6 is 11.8 Å². The van der Waals surface area contributed by atoms with Crippen LogP contribution in [0, 0.1) is 34.5 Å². The number of methoxy groups -OCH3 is 1. The van der Waals surface area contributed by atoms with Gasteiger partial charge in [-0.05, 0) is 73.0 Å². The Morgan fingerprint density at radius 1 is 1.15 bits per heavy atom. The standard InChI is InChI=1S/C30H43F3O5S/c1-7-19-13-22-18(5)30(33,29(10-4)12-11-21(34)14-20(29)16-31)23(37-6)15-28(22,9-3)25(27(36)39-17-32)26(19)38-24(35)8-2/h11-12,14,18-19,22-23,25-26H,7-10,13,15-17H2,1-6H3/t18-,19+,22-,23-,25+,26+,28-,29-,30-/m0/s1. The summed E-state index contributed by atoms with van der Waals surface area (Å²) < 4.78 is 58.0. The van der Waals surface area contributed by atoms with Gasteiger partial charge in [0.15, 0.2) is 16.6 Å². The van der Waals surface area contributed by atoms with Gasteiger partial charge < -0.3 is 9.47 Å². The molecule has 0 unspecified atom stereocenters. The summed E-state index contributed by atoms with van der Waals surface area (Å²) in [4.78, 5) is 38.4. The van der Waals surface area contributed by atoms with E-state index in [1.165, 1.54) is 25.3 Å². The number of halogens is 3. The fourth-order valence-electron chi connectivity index (χ4n) is 8.30. The molecule has 3 rings (SSSR count). The summed E-state index contributed by atoms with van der Waals surface area (Å²) in [7, 11) is 1.41. The van der Waals surface area contributed by atoms with Crippen molar-refractivity contribution in [1.29, 1.82) is 0 Å². The maximum atomic E-state index is 18.2. The van der Waals surface area contributed by atoms with Crippen LogP contribution in [-0.4, -0.2) is 54.5 Å². The lowest BCUT2D eigenvalue weighted by Gasteiger charge is -2.65. The normalized spacial score (nSPS) is 40.1. The first-order valence-corrected chi connectivity index (χ1v) is 15.1. The average molecular weight is 573 g/mol. The van der Waals surface area contributed by atoms with Crippen LogP contribution in [0.1, 0.15) is 73.1 Å². The SMILES string of the molecule is CCC(=O)O[C@@H]1[C@H](CC)C[C@H]2[C@H](C)[C@@](F)([C@@]3(CC)C=CC(=O)C=C3CF)[C@@H](OC)C[C@]2(CC)[C@H]1C(=O)SCF. The molecule has 0 radical (unpaired) electrons. The van der Waals surface area contributed by atoms with E-state index in [-0.39, 0.29) is 42.5 Å². The summed E-state index contributed by atoms with van der Waals surface area (Å²) in [5, 5.41) is -0.400. The number of carbonyl (C=O) groups is 3. The summed E-state index contributed by atoms with van der Waals surface area (Å²) in [6.45, 7) is 8.18. The van der Waals surface area contributed by atoms with E-state index in [0.29, 0.717) is 31.0 Å². The van der Waals surface area contributed by atoms with Crippen LogP contribution in [0.15, 0.2) is 23.8 Å². The molecule has 9 heteroatoms. The third kappa shape index (κ3) is 4.93. The molecule has 3 aliphatic rings. The van der Waals surface area contributed by atoms with Crippen molar-refractivity contribution in [3.05, 3.63) is 23.8 Å². The third-order valence-electron chi connectivity index (χ3n) is 10.3. The third-order valence-corrected chi connectivity index (χ3v) is 10.9. The van der Waals surface area contributed by atoms with Crippen LogP contribution in [0.3, 0.4) is 0 Å². The van der Waals surface area contributed by atoms with E-state index in [4.69, 9.17) is 9.47 Å². The van der Waals surface area contributed by atoms with Gasteiger partial charge in [-0.15, -0.1) is 0 Å². The highest BCUT2D eigenvalue weighted by Crippen LogP contribution is 2.68. The van der Waals surface area contributed by atoms with Gasteiger partial charge in [0.05, 0.1) is 12.0 Å². The molecule has 0 saturated heterocycles. The van der Waals surface area contributed by atoms with Crippen molar-refractivity contribution in [2.75, 3.05) is 19.8 Å². The van der Waals surface area contributed by atoms with Gasteiger partial charge in [0, 0.05) is 18.9 Å². The Bertz CT molecular complexity index is 1000. The number of esters is 1. The van der Waals surface area contributed by atoms with Gasteiger partial charge in [0.1, 0.15) is 18.8 Å². The lowest BCUT2D eigenvalue weighted by molar-refractivity contribution is -0.239. The summed E-state index contributed by atoms with van der Waals surface area (Å²) in [6, 6.07) is -0.913. The number of ketones is 1. The van der Waals surface area contributed by atoms with E-state index in [2.05, 4.69) is 0 Å². The largest absolute Gasteiger partial charge is 0.461 e. The molecule has 0 spiro atoms. The van der Waals surface area contributed by atoms with E-state index >= 15 is 4.39 Å². The molecule has 0 amide bonds. The van der Waals surface area contributed by atoms with E-state index in [9.17, 15) is 23.2 Å². The van der Waals surface area contributed by atoms with Gasteiger partial charge in [-0.2, -0.15) is 0 Å². The molecule has 0 aromatic rings. The zero-order valence-electron chi connectivity index (χ0n) is 23.9. The molecule has 9 atom stereocenters. The molecule has 0 heterocycles. The Labute approximate surface area is 234 Å². The predicted octanol–water partition coefficient (Wildman–Crippen LogP) is 6.75. The number of carbonyl (C=O) groups excluding carboxylic acids is 3. The Balaban J connectivity index is 2.25. The molecule has 39 heavy (non-hydrogen) atoms. The number of allylic oxidation sites excluding steroid dienone is 4. The van der Waals surface area contributed by atoms with Gasteiger partial charge >= 0.3 is 5.97 Å². The van der Waals surface area contributed by atoms with Gasteiger partial charge in [-0.1, -0.05) is 52.5 Å². The van der Waals surface area contributed by atoms with Crippen LogP contribution in [0.5, 0.6) is 0 Å². The quantitative estimate of drug-likeness (QED) is 0.270. The zero-order valence-corrected chi connectivity index (χ0v) is 24.8. The van der Waals surface area contributed by atoms with Crippen molar-refractivity contribution in [2.24, 2.45) is 34.5 Å². The topological polar surface area (TPSA) is 69.7 Å². The van der Waals surface area contributed by atoms with E-state index in [0.717, 1.165) is 0 Å². The minimum atomic E-state index is -2.10. The molecule has 0 aromatic carbocycles. The van der Waals surface area contributed by atoms with Crippen molar-refractivity contribution < 1.29 is 37.0 Å².